The average molecular weight is 215 g/mol. The van der Waals surface area contributed by atoms with Crippen molar-refractivity contribution in [3.63, 3.8) is 0 Å². The van der Waals surface area contributed by atoms with Crippen molar-refractivity contribution < 1.29 is 24.0 Å². The Hall–Kier alpha value is 0.976. The Kier molecular flexibility index (Phi) is 22.6. The standard InChI is InChI=1S/CH4N2O.K.H3N.H3O4P.H/c2-1(3)4;;;1-5(2,3)4;/h(H4,2,3,4);;1H3;(H3,1,2,3,4);. The second-order valence-corrected chi connectivity index (χ2v) is 1.94. The Morgan fingerprint density at radius 1 is 1.18 bits per heavy atom. The normalized spacial score (nSPS) is 7.55. The van der Waals surface area contributed by atoms with Crippen molar-refractivity contribution >= 4 is 65.2 Å². The molecule has 0 rings (SSSR count). The van der Waals surface area contributed by atoms with E-state index < -0.39 is 13.9 Å². The van der Waals surface area contributed by atoms with E-state index in [-0.39, 0.29) is 57.5 Å². The molecular formula is CH11KN3O5P. The van der Waals surface area contributed by atoms with Crippen LogP contribution in [0.3, 0.4) is 0 Å². The number of nitrogens with two attached hydrogens (primary N) is 2. The van der Waals surface area contributed by atoms with Crippen molar-refractivity contribution in [2.75, 3.05) is 0 Å². The van der Waals surface area contributed by atoms with E-state index in [1.54, 1.807) is 0 Å². The van der Waals surface area contributed by atoms with Crippen LogP contribution in [0.4, 0.5) is 4.79 Å². The van der Waals surface area contributed by atoms with Crippen molar-refractivity contribution in [2.24, 2.45) is 11.5 Å². The maximum absolute atomic E-state index is 9.00. The van der Waals surface area contributed by atoms with Crippen LogP contribution in [-0.4, -0.2) is 72.1 Å². The Balaban J connectivity index is -0.0000000383. The number of hydrogen-bond donors (Lipinski definition) is 6. The first kappa shape index (κ1) is 22.7. The number of carbonyl (C=O) groups is 1. The van der Waals surface area contributed by atoms with E-state index in [9.17, 15) is 0 Å². The van der Waals surface area contributed by atoms with Crippen LogP contribution in [0, 0.1) is 0 Å². The molecule has 66 valence electrons. The SMILES string of the molecule is N.NC(N)=O.O=P(O)(O)O.[KH]. The summed E-state index contributed by atoms with van der Waals surface area (Å²) < 4.78 is 8.88. The number of phosphoric acid groups is 1. The molecule has 10 N–H and O–H groups in total. The van der Waals surface area contributed by atoms with E-state index in [0.717, 1.165) is 0 Å². The predicted octanol–water partition coefficient (Wildman–Crippen LogP) is -2.39. The average Bonchev–Trinajstić information content (AvgIpc) is 1.19. The van der Waals surface area contributed by atoms with E-state index >= 15 is 0 Å². The molecule has 0 spiro atoms. The minimum atomic E-state index is -4.64. The number of urea groups is 1. The second-order valence-electron chi connectivity index (χ2n) is 0.916. The first-order valence-electron chi connectivity index (χ1n) is 1.56. The van der Waals surface area contributed by atoms with Gasteiger partial charge >= 0.3 is 65.2 Å². The summed E-state index contributed by atoms with van der Waals surface area (Å²) in [4.78, 5) is 30.6. The third kappa shape index (κ3) is 928. The van der Waals surface area contributed by atoms with Gasteiger partial charge in [-0.25, -0.2) is 9.36 Å². The number of rotatable bonds is 0. The van der Waals surface area contributed by atoms with Crippen LogP contribution in [0.25, 0.3) is 0 Å². The van der Waals surface area contributed by atoms with Gasteiger partial charge in [-0.3, -0.25) is 0 Å². The molecule has 0 unspecified atom stereocenters. The molecule has 8 nitrogen and oxygen atoms in total. The van der Waals surface area contributed by atoms with Crippen molar-refractivity contribution in [3.8, 4) is 0 Å². The van der Waals surface area contributed by atoms with Gasteiger partial charge in [-0.05, 0) is 0 Å². The fourth-order valence-electron chi connectivity index (χ4n) is 0. The molecule has 0 heterocycles. The fourth-order valence-corrected chi connectivity index (χ4v) is 0. The summed E-state index contributed by atoms with van der Waals surface area (Å²) >= 11 is 0. The topological polar surface area (TPSA) is 182 Å². The first-order valence-corrected chi connectivity index (χ1v) is 3.13. The zero-order chi connectivity index (χ0) is 8.08. The monoisotopic (exact) mass is 215 g/mol. The molecule has 0 saturated carbocycles. The molecular weight excluding hydrogens is 204 g/mol. The van der Waals surface area contributed by atoms with Gasteiger partial charge in [0.1, 0.15) is 0 Å². The van der Waals surface area contributed by atoms with Crippen molar-refractivity contribution in [3.05, 3.63) is 0 Å². The Morgan fingerprint density at radius 2 is 1.18 bits per heavy atom. The summed E-state index contributed by atoms with van der Waals surface area (Å²) in [6.07, 6.45) is 0. The molecule has 0 fully saturated rings. The molecule has 0 aliphatic carbocycles. The summed E-state index contributed by atoms with van der Waals surface area (Å²) in [7, 11) is -4.64. The van der Waals surface area contributed by atoms with E-state index in [1.807, 2.05) is 0 Å². The van der Waals surface area contributed by atoms with Gasteiger partial charge in [0, 0.05) is 0 Å². The molecule has 0 aliphatic rings. The first-order chi connectivity index (χ1) is 3.73. The molecule has 10 heteroatoms. The number of primary amides is 2. The molecule has 0 aromatic heterocycles. The molecule has 0 atom stereocenters. The van der Waals surface area contributed by atoms with Crippen LogP contribution < -0.4 is 17.6 Å². The van der Waals surface area contributed by atoms with E-state index in [1.165, 1.54) is 0 Å². The molecule has 11 heavy (non-hydrogen) atoms. The third-order valence-electron chi connectivity index (χ3n) is 0. The van der Waals surface area contributed by atoms with Gasteiger partial charge in [0.2, 0.25) is 0 Å². The Labute approximate surface area is 106 Å². The van der Waals surface area contributed by atoms with Crippen molar-refractivity contribution in [1.82, 2.24) is 6.15 Å². The van der Waals surface area contributed by atoms with E-state index in [0.29, 0.717) is 0 Å². The van der Waals surface area contributed by atoms with Crippen LogP contribution in [0.1, 0.15) is 0 Å². The van der Waals surface area contributed by atoms with Crippen LogP contribution in [-0.2, 0) is 4.57 Å². The van der Waals surface area contributed by atoms with Crippen molar-refractivity contribution in [1.29, 1.82) is 0 Å². The van der Waals surface area contributed by atoms with E-state index in [2.05, 4.69) is 11.5 Å². The van der Waals surface area contributed by atoms with E-state index in [4.69, 9.17) is 24.0 Å². The fraction of sp³-hybridized carbons (Fsp3) is 0. The van der Waals surface area contributed by atoms with Gasteiger partial charge in [0.25, 0.3) is 0 Å². The van der Waals surface area contributed by atoms with Crippen LogP contribution >= 0.6 is 7.82 Å². The molecule has 0 aromatic carbocycles. The van der Waals surface area contributed by atoms with Gasteiger partial charge in [-0.1, -0.05) is 0 Å². The van der Waals surface area contributed by atoms with Gasteiger partial charge in [-0.15, -0.1) is 0 Å². The molecule has 0 saturated heterocycles. The molecule has 0 aliphatic heterocycles. The third-order valence-corrected chi connectivity index (χ3v) is 0. The Morgan fingerprint density at radius 3 is 1.18 bits per heavy atom. The summed E-state index contributed by atoms with van der Waals surface area (Å²) in [6.45, 7) is 0. The zero-order valence-corrected chi connectivity index (χ0v) is 5.86. The van der Waals surface area contributed by atoms with Gasteiger partial charge < -0.3 is 32.3 Å². The molecule has 2 amide bonds. The quantitative estimate of drug-likeness (QED) is 0.193. The summed E-state index contributed by atoms with van der Waals surface area (Å²) in [5.41, 5.74) is 8.50. The second kappa shape index (κ2) is 11.0. The molecule has 0 bridgehead atoms. The zero-order valence-electron chi connectivity index (χ0n) is 4.97. The number of amides is 2. The summed E-state index contributed by atoms with van der Waals surface area (Å²) in [5, 5.41) is 0. The van der Waals surface area contributed by atoms with Crippen molar-refractivity contribution in [2.45, 2.75) is 0 Å². The van der Waals surface area contributed by atoms with Gasteiger partial charge in [0.15, 0.2) is 0 Å². The van der Waals surface area contributed by atoms with Gasteiger partial charge in [0.05, 0.1) is 0 Å². The molecule has 0 aromatic rings. The van der Waals surface area contributed by atoms with Crippen LogP contribution in [0.15, 0.2) is 0 Å². The molecule has 0 radical (unpaired) electrons. The number of carbonyl (C=O) groups excluding carboxylic acids is 1. The summed E-state index contributed by atoms with van der Waals surface area (Å²) in [5.74, 6) is 0. The van der Waals surface area contributed by atoms with Gasteiger partial charge in [-0.2, -0.15) is 0 Å². The number of hydrogen-bond acceptors (Lipinski definition) is 3. The summed E-state index contributed by atoms with van der Waals surface area (Å²) in [6, 6.07) is -0.833. The Bertz CT molecular complexity index is 121. The predicted molar refractivity (Wildman–Crippen MR) is 40.2 cm³/mol. The maximum atomic E-state index is 9.00. The van der Waals surface area contributed by atoms with Crippen LogP contribution in [0.5, 0.6) is 0 Å². The van der Waals surface area contributed by atoms with Crippen LogP contribution in [0.2, 0.25) is 0 Å². The minimum absolute atomic E-state index is 0.